The molecule has 3 amide bonds. The van der Waals surface area contributed by atoms with Crippen molar-refractivity contribution >= 4 is 51.2 Å². The number of aryl methyl sites for hydroxylation is 2. The van der Waals surface area contributed by atoms with Crippen LogP contribution in [0, 0.1) is 19.8 Å². The quantitative estimate of drug-likeness (QED) is 0.170. The van der Waals surface area contributed by atoms with Gasteiger partial charge in [0.05, 0.1) is 24.9 Å². The molecule has 1 aromatic carbocycles. The molecule has 0 spiro atoms. The summed E-state index contributed by atoms with van der Waals surface area (Å²) in [7, 11) is 1.62. The number of rotatable bonds is 9. The lowest BCUT2D eigenvalue weighted by atomic mass is 10.0. The normalized spacial score (nSPS) is 26.2. The van der Waals surface area contributed by atoms with Crippen LogP contribution in [0.4, 0.5) is 9.93 Å². The molecule has 2 aliphatic heterocycles. The number of ether oxygens (including phenoxy) is 3. The van der Waals surface area contributed by atoms with Gasteiger partial charge in [0.15, 0.2) is 5.13 Å². The minimum Gasteiger partial charge on any atom is -0.496 e. The molecule has 2 aliphatic carbocycles. The van der Waals surface area contributed by atoms with Crippen molar-refractivity contribution in [2.24, 2.45) is 5.92 Å². The Kier molecular flexibility index (Phi) is 11.9. The fourth-order valence-electron chi connectivity index (χ4n) is 8.55. The van der Waals surface area contributed by atoms with Crippen LogP contribution in [0.3, 0.4) is 0 Å². The van der Waals surface area contributed by atoms with Crippen LogP contribution in [-0.4, -0.2) is 93.4 Å². The lowest BCUT2D eigenvalue weighted by Gasteiger charge is -2.29. The molecule has 0 radical (unpaired) electrons. The maximum absolute atomic E-state index is 14.6. The average molecular weight is 803 g/mol. The molecule has 3 fully saturated rings. The van der Waals surface area contributed by atoms with Gasteiger partial charge in [-0.15, -0.1) is 11.3 Å². The summed E-state index contributed by atoms with van der Waals surface area (Å²) >= 11 is 1.48. The Morgan fingerprint density at radius 1 is 1.04 bits per heavy atom. The molecule has 4 N–H and O–H groups in total. The summed E-state index contributed by atoms with van der Waals surface area (Å²) in [6.07, 6.45) is 9.70. The van der Waals surface area contributed by atoms with Gasteiger partial charge in [-0.1, -0.05) is 25.0 Å². The Labute approximate surface area is 337 Å². The van der Waals surface area contributed by atoms with Crippen molar-refractivity contribution in [3.05, 3.63) is 40.8 Å². The minimum absolute atomic E-state index is 0.0304. The third-order valence-electron chi connectivity index (χ3n) is 11.6. The van der Waals surface area contributed by atoms with Crippen molar-refractivity contribution in [1.82, 2.24) is 25.5 Å². The molecule has 7 rings (SSSR count). The van der Waals surface area contributed by atoms with Crippen LogP contribution in [0.1, 0.15) is 95.6 Å². The van der Waals surface area contributed by atoms with Crippen LogP contribution in [0.25, 0.3) is 22.3 Å². The highest BCUT2D eigenvalue weighted by molar-refractivity contribution is 7.14. The molecule has 306 valence electrons. The van der Waals surface area contributed by atoms with Gasteiger partial charge in [-0.05, 0) is 90.7 Å². The van der Waals surface area contributed by atoms with E-state index in [4.69, 9.17) is 24.2 Å². The summed E-state index contributed by atoms with van der Waals surface area (Å²) in [5, 5.41) is 22.8. The number of nitrogens with one attached hydrogen (secondary N) is 3. The maximum atomic E-state index is 14.6. The number of carbonyl (C=O) groups excluding carboxylic acids is 3. The topological polar surface area (TPSA) is 181 Å². The second kappa shape index (κ2) is 16.9. The maximum Gasteiger partial charge on any atom is 0.408 e. The van der Waals surface area contributed by atoms with Crippen LogP contribution in [0.5, 0.6) is 11.5 Å². The Morgan fingerprint density at radius 3 is 2.54 bits per heavy atom. The van der Waals surface area contributed by atoms with E-state index in [0.29, 0.717) is 41.2 Å². The largest absolute Gasteiger partial charge is 0.496 e. The number of thiazole rings is 1. The van der Waals surface area contributed by atoms with Gasteiger partial charge in [0.1, 0.15) is 47.0 Å². The fraction of sp³-hybridized carbons (Fsp3) is 0.571. The highest BCUT2D eigenvalue weighted by Gasteiger charge is 2.61. The van der Waals surface area contributed by atoms with Gasteiger partial charge in [-0.25, -0.2) is 19.6 Å². The van der Waals surface area contributed by atoms with Crippen LogP contribution < -0.4 is 25.4 Å². The zero-order chi connectivity index (χ0) is 40.4. The van der Waals surface area contributed by atoms with Crippen molar-refractivity contribution in [3.8, 4) is 22.9 Å². The third kappa shape index (κ3) is 8.68. The first-order valence-electron chi connectivity index (χ1n) is 20.2. The standard InChI is InChI=1S/C42H54N6O8S/c1-23(2)43-40-45-32(22-57-40)31-19-34(29-17-24(3)36(54-5)25(4)35(29)44-31)55-28-18-33-37(49)47-42(39(51)52)20-26(42)13-9-7-6-8-10-16-30(38(50)48(33)21-28)46-41(53)56-27-14-11-12-15-27/h9,13,17,19,22-23,26-28,30,33H,6-8,10-12,14-16,18,20-21H2,1-5H3,(H,43,45)(H,46,53)(H,47,49)(H,51,52)/b13-9-/t26-,28-,30+,33+,42-/m1/s1. The van der Waals surface area contributed by atoms with Gasteiger partial charge in [0.2, 0.25) is 11.8 Å². The number of aliphatic carboxylic acids is 1. The number of hydrogen-bond donors (Lipinski definition) is 4. The Hall–Kier alpha value is -4.92. The number of fused-ring (bicyclic) bond motifs is 3. The molecule has 15 heteroatoms. The van der Waals surface area contributed by atoms with Gasteiger partial charge in [0.25, 0.3) is 0 Å². The molecule has 0 bridgehead atoms. The van der Waals surface area contributed by atoms with Crippen molar-refractivity contribution in [1.29, 1.82) is 0 Å². The van der Waals surface area contributed by atoms with E-state index in [1.807, 2.05) is 57.4 Å². The summed E-state index contributed by atoms with van der Waals surface area (Å²) in [5.41, 5.74) is 2.17. The van der Waals surface area contributed by atoms with Crippen molar-refractivity contribution in [2.75, 3.05) is 19.0 Å². The van der Waals surface area contributed by atoms with E-state index in [0.717, 1.165) is 66.6 Å². The SMILES string of the molecule is COc1c(C)cc2c(O[C@@H]3C[C@H]4C(=O)N[C@]5(C(=O)O)C[C@H]5/C=C\CCCCC[C@H](NC(=O)OC5CCCC5)C(=O)N4C3)cc(-c3csc(NC(C)C)n3)nc2c1C. The highest BCUT2D eigenvalue weighted by Crippen LogP contribution is 2.46. The molecular formula is C42H54N6O8S. The van der Waals surface area contributed by atoms with Crippen LogP contribution >= 0.6 is 11.3 Å². The molecule has 57 heavy (non-hydrogen) atoms. The number of aromatic nitrogens is 2. The number of allylic oxidation sites excluding steroid dienone is 1. The molecule has 3 aromatic rings. The first-order chi connectivity index (χ1) is 27.4. The van der Waals surface area contributed by atoms with Crippen molar-refractivity contribution in [3.63, 3.8) is 0 Å². The van der Waals surface area contributed by atoms with Crippen molar-refractivity contribution < 1.29 is 38.5 Å². The van der Waals surface area contributed by atoms with E-state index in [9.17, 15) is 24.3 Å². The van der Waals surface area contributed by atoms with Gasteiger partial charge in [-0.2, -0.15) is 0 Å². The summed E-state index contributed by atoms with van der Waals surface area (Å²) < 4.78 is 18.3. The molecule has 2 saturated carbocycles. The number of alkyl carbamates (subject to hydrolysis) is 1. The number of hydrogen-bond acceptors (Lipinski definition) is 11. The second-order valence-electron chi connectivity index (χ2n) is 16.2. The Balaban J connectivity index is 1.23. The minimum atomic E-state index is -1.45. The number of carboxylic acid groups (broad SMARTS) is 1. The molecule has 4 heterocycles. The number of benzene rings is 1. The number of carbonyl (C=O) groups is 4. The summed E-state index contributed by atoms with van der Waals surface area (Å²) in [6, 6.07) is 1.99. The summed E-state index contributed by atoms with van der Waals surface area (Å²) in [6.45, 7) is 8.01. The number of nitrogens with zero attached hydrogens (tertiary/aromatic N) is 3. The Morgan fingerprint density at radius 2 is 1.81 bits per heavy atom. The van der Waals surface area contributed by atoms with E-state index in [1.165, 1.54) is 16.2 Å². The van der Waals surface area contributed by atoms with Crippen LogP contribution in [0.2, 0.25) is 0 Å². The number of anilines is 1. The van der Waals surface area contributed by atoms with Gasteiger partial charge in [0, 0.05) is 40.8 Å². The van der Waals surface area contributed by atoms with Crippen molar-refractivity contribution in [2.45, 2.75) is 134 Å². The lowest BCUT2D eigenvalue weighted by molar-refractivity contribution is -0.145. The zero-order valence-electron chi connectivity index (χ0n) is 33.4. The van der Waals surface area contributed by atoms with E-state index in [1.54, 1.807) is 7.11 Å². The summed E-state index contributed by atoms with van der Waals surface area (Å²) in [5.74, 6) is -1.26. The monoisotopic (exact) mass is 802 g/mol. The van der Waals surface area contributed by atoms with E-state index >= 15 is 0 Å². The molecule has 2 aromatic heterocycles. The first-order valence-corrected chi connectivity index (χ1v) is 21.1. The first kappa shape index (κ1) is 40.3. The molecular weight excluding hydrogens is 749 g/mol. The highest BCUT2D eigenvalue weighted by atomic mass is 32.1. The number of carboxylic acids is 1. The smallest absolute Gasteiger partial charge is 0.408 e. The van der Waals surface area contributed by atoms with Gasteiger partial charge in [-0.3, -0.25) is 9.59 Å². The number of pyridine rings is 1. The van der Waals surface area contributed by atoms with E-state index in [-0.39, 0.29) is 37.5 Å². The van der Waals surface area contributed by atoms with Crippen LogP contribution in [-0.2, 0) is 19.1 Å². The number of methoxy groups -OCH3 is 1. The molecule has 0 unspecified atom stereocenters. The molecule has 1 saturated heterocycles. The van der Waals surface area contributed by atoms with Gasteiger partial charge >= 0.3 is 12.1 Å². The summed E-state index contributed by atoms with van der Waals surface area (Å²) in [4.78, 5) is 66.0. The predicted molar refractivity (Wildman–Crippen MR) is 217 cm³/mol. The molecule has 14 nitrogen and oxygen atoms in total. The molecule has 4 aliphatic rings. The molecule has 5 atom stereocenters. The van der Waals surface area contributed by atoms with E-state index in [2.05, 4.69) is 16.0 Å². The Bertz CT molecular complexity index is 2050. The second-order valence-corrected chi connectivity index (χ2v) is 17.1. The fourth-order valence-corrected chi connectivity index (χ4v) is 9.40. The van der Waals surface area contributed by atoms with Gasteiger partial charge < -0.3 is 40.2 Å². The average Bonchev–Trinajstić information content (AvgIpc) is 3.59. The third-order valence-corrected chi connectivity index (χ3v) is 12.4. The number of amides is 3. The lowest BCUT2D eigenvalue weighted by Crippen LogP contribution is -2.56. The van der Waals surface area contributed by atoms with E-state index < -0.39 is 47.6 Å². The zero-order valence-corrected chi connectivity index (χ0v) is 34.2. The predicted octanol–water partition coefficient (Wildman–Crippen LogP) is 6.67. The van der Waals surface area contributed by atoms with Crippen LogP contribution in [0.15, 0.2) is 29.7 Å².